The molecule has 1 aromatic carbocycles. The van der Waals surface area contributed by atoms with E-state index < -0.39 is 0 Å². The number of hydrogen-bond acceptors (Lipinski definition) is 2. The average molecular weight is 259 g/mol. The van der Waals surface area contributed by atoms with E-state index in [-0.39, 0.29) is 0 Å². The Labute approximate surface area is 116 Å². The number of rotatable bonds is 5. The van der Waals surface area contributed by atoms with E-state index in [4.69, 9.17) is 4.74 Å². The van der Waals surface area contributed by atoms with Gasteiger partial charge >= 0.3 is 0 Å². The van der Waals surface area contributed by atoms with Gasteiger partial charge in [0.1, 0.15) is 11.9 Å². The summed E-state index contributed by atoms with van der Waals surface area (Å²) in [7, 11) is 0. The summed E-state index contributed by atoms with van der Waals surface area (Å²) in [5, 5.41) is 3.65. The largest absolute Gasteiger partial charge is 0.488 e. The lowest BCUT2D eigenvalue weighted by Crippen LogP contribution is -2.42. The highest BCUT2D eigenvalue weighted by atomic mass is 16.5. The van der Waals surface area contributed by atoms with E-state index >= 15 is 0 Å². The molecule has 104 valence electrons. The number of nitrogens with one attached hydrogen (secondary N) is 1. The molecule has 0 radical (unpaired) electrons. The Hall–Kier alpha value is -1.02. The highest BCUT2D eigenvalue weighted by Crippen LogP contribution is 2.43. The number of fused-ring (bicyclic) bond motifs is 1. The van der Waals surface area contributed by atoms with Crippen LogP contribution in [0.15, 0.2) is 18.2 Å². The molecule has 1 N–H and O–H groups in total. The Balaban J connectivity index is 1.48. The maximum Gasteiger partial charge on any atom is 0.123 e. The molecule has 1 aliphatic heterocycles. The molecule has 0 bridgehead atoms. The average Bonchev–Trinajstić information content (AvgIpc) is 2.74. The van der Waals surface area contributed by atoms with Crippen molar-refractivity contribution in [3.63, 3.8) is 0 Å². The number of hydrogen-bond donors (Lipinski definition) is 1. The summed E-state index contributed by atoms with van der Waals surface area (Å²) in [5.41, 5.74) is 3.30. The molecule has 1 aliphatic carbocycles. The van der Waals surface area contributed by atoms with Crippen LogP contribution in [0.5, 0.6) is 5.75 Å². The molecule has 1 saturated carbocycles. The first-order valence-electron chi connectivity index (χ1n) is 7.68. The molecule has 0 aromatic heterocycles. The van der Waals surface area contributed by atoms with Crippen LogP contribution in [0.2, 0.25) is 0 Å². The molecule has 1 fully saturated rings. The normalized spacial score (nSPS) is 23.6. The molecule has 19 heavy (non-hydrogen) atoms. The van der Waals surface area contributed by atoms with Gasteiger partial charge in [-0.15, -0.1) is 0 Å². The van der Waals surface area contributed by atoms with Gasteiger partial charge in [0.25, 0.3) is 0 Å². The second-order valence-corrected chi connectivity index (χ2v) is 6.39. The van der Waals surface area contributed by atoms with Crippen molar-refractivity contribution in [3.05, 3.63) is 29.3 Å². The van der Waals surface area contributed by atoms with E-state index in [1.807, 2.05) is 0 Å². The Morgan fingerprint density at radius 2 is 2.21 bits per heavy atom. The monoisotopic (exact) mass is 259 g/mol. The molecule has 0 spiro atoms. The number of ether oxygens (including phenoxy) is 1. The van der Waals surface area contributed by atoms with Crippen LogP contribution < -0.4 is 10.1 Å². The van der Waals surface area contributed by atoms with Crippen LogP contribution in [0.4, 0.5) is 0 Å². The minimum atomic E-state index is 0.325. The Morgan fingerprint density at radius 1 is 1.37 bits per heavy atom. The second kappa shape index (κ2) is 5.16. The molecule has 0 amide bonds. The first kappa shape index (κ1) is 13.0. The lowest BCUT2D eigenvalue weighted by molar-refractivity contribution is 0.117. The summed E-state index contributed by atoms with van der Waals surface area (Å²) in [4.78, 5) is 0. The zero-order valence-electron chi connectivity index (χ0n) is 12.2. The molecule has 1 heterocycles. The highest BCUT2D eigenvalue weighted by molar-refractivity contribution is 5.40. The molecule has 2 nitrogen and oxygen atoms in total. The van der Waals surface area contributed by atoms with Gasteiger partial charge in [-0.3, -0.25) is 0 Å². The summed E-state index contributed by atoms with van der Waals surface area (Å²) < 4.78 is 6.00. The van der Waals surface area contributed by atoms with Crippen LogP contribution in [-0.2, 0) is 6.42 Å². The van der Waals surface area contributed by atoms with Crippen molar-refractivity contribution in [1.29, 1.82) is 0 Å². The van der Waals surface area contributed by atoms with Gasteiger partial charge in [-0.2, -0.15) is 0 Å². The van der Waals surface area contributed by atoms with E-state index in [0.29, 0.717) is 11.5 Å². The first-order valence-corrected chi connectivity index (χ1v) is 7.68. The van der Waals surface area contributed by atoms with Crippen molar-refractivity contribution in [1.82, 2.24) is 5.32 Å². The van der Waals surface area contributed by atoms with Crippen molar-refractivity contribution < 1.29 is 4.74 Å². The third kappa shape index (κ3) is 2.64. The standard InChI is InChI=1S/C17H25NO/c1-3-17(7-4-8-17)12-18-11-15-10-14-9-13(2)5-6-16(14)19-15/h5-6,9,15,18H,3-4,7-8,10-12H2,1-2H3. The van der Waals surface area contributed by atoms with Gasteiger partial charge in [0.2, 0.25) is 0 Å². The van der Waals surface area contributed by atoms with Crippen LogP contribution in [0, 0.1) is 12.3 Å². The van der Waals surface area contributed by atoms with Crippen LogP contribution in [0.1, 0.15) is 43.7 Å². The topological polar surface area (TPSA) is 21.3 Å². The Bertz CT molecular complexity index is 445. The molecular formula is C17H25NO. The predicted molar refractivity (Wildman–Crippen MR) is 78.7 cm³/mol. The number of aryl methyl sites for hydroxylation is 1. The zero-order chi connectivity index (χ0) is 13.3. The molecule has 1 aromatic rings. The van der Waals surface area contributed by atoms with Crippen molar-refractivity contribution in [2.75, 3.05) is 13.1 Å². The summed E-state index contributed by atoms with van der Waals surface area (Å²) in [6, 6.07) is 6.51. The molecule has 3 rings (SSSR count). The van der Waals surface area contributed by atoms with Gasteiger partial charge in [0.05, 0.1) is 0 Å². The summed E-state index contributed by atoms with van der Waals surface area (Å²) in [6.45, 7) is 6.62. The maximum absolute atomic E-state index is 6.00. The van der Waals surface area contributed by atoms with E-state index in [1.165, 1.54) is 43.4 Å². The molecule has 2 aliphatic rings. The van der Waals surface area contributed by atoms with Crippen LogP contribution in [0.25, 0.3) is 0 Å². The second-order valence-electron chi connectivity index (χ2n) is 6.39. The Kier molecular flexibility index (Phi) is 3.53. The minimum absolute atomic E-state index is 0.325. The summed E-state index contributed by atoms with van der Waals surface area (Å²) in [5.74, 6) is 1.09. The van der Waals surface area contributed by atoms with Gasteiger partial charge in [-0.1, -0.05) is 31.0 Å². The zero-order valence-corrected chi connectivity index (χ0v) is 12.2. The van der Waals surface area contributed by atoms with Crippen molar-refractivity contribution in [3.8, 4) is 5.75 Å². The first-order chi connectivity index (χ1) is 9.21. The fourth-order valence-corrected chi connectivity index (χ4v) is 3.39. The van der Waals surface area contributed by atoms with Crippen molar-refractivity contribution >= 4 is 0 Å². The third-order valence-corrected chi connectivity index (χ3v) is 4.99. The van der Waals surface area contributed by atoms with Gasteiger partial charge in [-0.05, 0) is 43.2 Å². The van der Waals surface area contributed by atoms with Gasteiger partial charge in [0, 0.05) is 19.5 Å². The fraction of sp³-hybridized carbons (Fsp3) is 0.647. The lowest BCUT2D eigenvalue weighted by atomic mass is 9.67. The van der Waals surface area contributed by atoms with Crippen LogP contribution in [-0.4, -0.2) is 19.2 Å². The van der Waals surface area contributed by atoms with E-state index in [0.717, 1.165) is 18.7 Å². The van der Waals surface area contributed by atoms with Crippen LogP contribution in [0.3, 0.4) is 0 Å². The fourth-order valence-electron chi connectivity index (χ4n) is 3.39. The quantitative estimate of drug-likeness (QED) is 0.874. The smallest absolute Gasteiger partial charge is 0.123 e. The third-order valence-electron chi connectivity index (χ3n) is 4.99. The minimum Gasteiger partial charge on any atom is -0.488 e. The van der Waals surface area contributed by atoms with Crippen LogP contribution >= 0.6 is 0 Å². The molecule has 2 heteroatoms. The SMILES string of the molecule is CCC1(CNCC2Cc3cc(C)ccc3O2)CCC1. The molecule has 0 saturated heterocycles. The highest BCUT2D eigenvalue weighted by Gasteiger charge is 2.34. The molecule has 1 unspecified atom stereocenters. The van der Waals surface area contributed by atoms with Crippen molar-refractivity contribution in [2.24, 2.45) is 5.41 Å². The van der Waals surface area contributed by atoms with Crippen molar-refractivity contribution in [2.45, 2.75) is 52.1 Å². The van der Waals surface area contributed by atoms with Gasteiger partial charge in [-0.25, -0.2) is 0 Å². The van der Waals surface area contributed by atoms with Gasteiger partial charge in [0.15, 0.2) is 0 Å². The lowest BCUT2D eigenvalue weighted by Gasteiger charge is -2.41. The molecular weight excluding hydrogens is 234 g/mol. The number of benzene rings is 1. The Morgan fingerprint density at radius 3 is 2.89 bits per heavy atom. The molecule has 1 atom stereocenters. The maximum atomic E-state index is 6.00. The van der Waals surface area contributed by atoms with Gasteiger partial charge < -0.3 is 10.1 Å². The summed E-state index contributed by atoms with van der Waals surface area (Å²) in [6.07, 6.45) is 6.92. The van der Waals surface area contributed by atoms with E-state index in [2.05, 4.69) is 37.4 Å². The summed E-state index contributed by atoms with van der Waals surface area (Å²) >= 11 is 0. The predicted octanol–water partition coefficient (Wildman–Crippen LogP) is 3.47. The van der Waals surface area contributed by atoms with E-state index in [9.17, 15) is 0 Å². The van der Waals surface area contributed by atoms with E-state index in [1.54, 1.807) is 0 Å².